The molecule has 0 aliphatic heterocycles. The number of amides is 1. The molecule has 5 nitrogen and oxygen atoms in total. The predicted octanol–water partition coefficient (Wildman–Crippen LogP) is 4.54. The molecule has 2 aromatic heterocycles. The Kier molecular flexibility index (Phi) is 6.89. The summed E-state index contributed by atoms with van der Waals surface area (Å²) in [7, 11) is 0. The van der Waals surface area contributed by atoms with E-state index < -0.39 is 0 Å². The van der Waals surface area contributed by atoms with Gasteiger partial charge in [-0.1, -0.05) is 37.3 Å². The Hall–Kier alpha value is -2.12. The number of hydrogen-bond donors (Lipinski definition) is 1. The third-order valence-electron chi connectivity index (χ3n) is 5.39. The van der Waals surface area contributed by atoms with Crippen molar-refractivity contribution in [2.75, 3.05) is 12.3 Å². The SMILES string of the molecule is CCCN(Cc1ccccc1)C(=O)CCSCc1nc2sc3c(c2c(=O)[nH]1)CCC3. The van der Waals surface area contributed by atoms with Crippen molar-refractivity contribution in [3.05, 3.63) is 62.5 Å². The number of fused-ring (bicyclic) bond motifs is 3. The van der Waals surface area contributed by atoms with E-state index in [9.17, 15) is 9.59 Å². The highest BCUT2D eigenvalue weighted by Gasteiger charge is 2.21. The molecular formula is C23H27N3O2S2. The third kappa shape index (κ3) is 4.78. The summed E-state index contributed by atoms with van der Waals surface area (Å²) in [5, 5.41) is 0.799. The number of aromatic amines is 1. The van der Waals surface area contributed by atoms with E-state index >= 15 is 0 Å². The number of carbonyl (C=O) groups is 1. The molecule has 0 saturated carbocycles. The van der Waals surface area contributed by atoms with Gasteiger partial charge in [-0.3, -0.25) is 9.59 Å². The highest BCUT2D eigenvalue weighted by molar-refractivity contribution is 7.98. The zero-order valence-corrected chi connectivity index (χ0v) is 18.9. The molecule has 1 aromatic carbocycles. The molecule has 0 spiro atoms. The molecule has 2 heterocycles. The fourth-order valence-electron chi connectivity index (χ4n) is 3.97. The molecule has 1 N–H and O–H groups in total. The Bertz CT molecular complexity index is 1080. The van der Waals surface area contributed by atoms with Crippen LogP contribution in [0, 0.1) is 0 Å². The standard InChI is InChI=1S/C23H27N3O2S2/c1-2-12-26(14-16-7-4-3-5-8-16)20(27)11-13-29-15-19-24-22(28)21-17-9-6-10-18(17)30-23(21)25-19/h3-5,7-8H,2,6,9-15H2,1H3,(H,24,25,28). The minimum Gasteiger partial charge on any atom is -0.338 e. The van der Waals surface area contributed by atoms with Gasteiger partial charge in [0.2, 0.25) is 5.91 Å². The van der Waals surface area contributed by atoms with E-state index in [0.29, 0.717) is 24.5 Å². The van der Waals surface area contributed by atoms with Crippen LogP contribution in [0.4, 0.5) is 0 Å². The average Bonchev–Trinajstić information content (AvgIpc) is 3.32. The molecule has 0 atom stereocenters. The second kappa shape index (κ2) is 9.79. The Labute approximate surface area is 184 Å². The van der Waals surface area contributed by atoms with Crippen molar-refractivity contribution in [2.24, 2.45) is 0 Å². The van der Waals surface area contributed by atoms with E-state index in [2.05, 4.69) is 29.0 Å². The maximum atomic E-state index is 12.7. The van der Waals surface area contributed by atoms with Gasteiger partial charge >= 0.3 is 0 Å². The van der Waals surface area contributed by atoms with Crippen molar-refractivity contribution in [1.29, 1.82) is 0 Å². The lowest BCUT2D eigenvalue weighted by molar-refractivity contribution is -0.131. The number of H-pyrrole nitrogens is 1. The topological polar surface area (TPSA) is 66.1 Å². The number of thiophene rings is 1. The van der Waals surface area contributed by atoms with Crippen LogP contribution in [0.3, 0.4) is 0 Å². The van der Waals surface area contributed by atoms with Crippen molar-refractivity contribution in [1.82, 2.24) is 14.9 Å². The van der Waals surface area contributed by atoms with Crippen LogP contribution >= 0.6 is 23.1 Å². The minimum atomic E-state index is -0.0111. The van der Waals surface area contributed by atoms with Gasteiger partial charge in [0.15, 0.2) is 0 Å². The van der Waals surface area contributed by atoms with Crippen molar-refractivity contribution in [3.63, 3.8) is 0 Å². The molecule has 0 radical (unpaired) electrons. The number of carbonyl (C=O) groups excluding carboxylic acids is 1. The van der Waals surface area contributed by atoms with Crippen LogP contribution in [0.1, 0.15) is 48.0 Å². The number of nitrogens with zero attached hydrogens (tertiary/aromatic N) is 2. The summed E-state index contributed by atoms with van der Waals surface area (Å²) in [6.45, 7) is 3.53. The highest BCUT2D eigenvalue weighted by atomic mass is 32.2. The summed E-state index contributed by atoms with van der Waals surface area (Å²) in [6, 6.07) is 10.1. The molecule has 4 rings (SSSR count). The van der Waals surface area contributed by atoms with Gasteiger partial charge in [-0.25, -0.2) is 4.98 Å². The number of nitrogens with one attached hydrogen (secondary N) is 1. The Morgan fingerprint density at radius 2 is 2.10 bits per heavy atom. The van der Waals surface area contributed by atoms with Gasteiger partial charge in [0.1, 0.15) is 10.7 Å². The van der Waals surface area contributed by atoms with Crippen molar-refractivity contribution >= 4 is 39.2 Å². The molecule has 1 aliphatic carbocycles. The summed E-state index contributed by atoms with van der Waals surface area (Å²) < 4.78 is 0. The van der Waals surface area contributed by atoms with Crippen LogP contribution in [0.5, 0.6) is 0 Å². The van der Waals surface area contributed by atoms with E-state index in [1.807, 2.05) is 23.1 Å². The van der Waals surface area contributed by atoms with Gasteiger partial charge in [0, 0.05) is 30.1 Å². The maximum absolute atomic E-state index is 12.7. The van der Waals surface area contributed by atoms with Crippen LogP contribution in [-0.2, 0) is 29.9 Å². The number of aromatic nitrogens is 2. The number of hydrogen-bond acceptors (Lipinski definition) is 5. The first-order chi connectivity index (χ1) is 14.7. The first kappa shape index (κ1) is 21.1. The van der Waals surface area contributed by atoms with Gasteiger partial charge in [0.05, 0.1) is 11.1 Å². The lowest BCUT2D eigenvalue weighted by atomic mass is 10.2. The molecule has 158 valence electrons. The van der Waals surface area contributed by atoms with Gasteiger partial charge in [0.25, 0.3) is 5.56 Å². The highest BCUT2D eigenvalue weighted by Crippen LogP contribution is 2.34. The largest absolute Gasteiger partial charge is 0.338 e. The van der Waals surface area contributed by atoms with Crippen LogP contribution in [-0.4, -0.2) is 33.1 Å². The molecule has 1 aliphatic rings. The summed E-state index contributed by atoms with van der Waals surface area (Å²) in [5.74, 6) is 2.23. The Morgan fingerprint density at radius 3 is 2.90 bits per heavy atom. The summed E-state index contributed by atoms with van der Waals surface area (Å²) in [4.78, 5) is 37.0. The summed E-state index contributed by atoms with van der Waals surface area (Å²) in [6.07, 6.45) is 4.65. The van der Waals surface area contributed by atoms with E-state index in [-0.39, 0.29) is 11.5 Å². The predicted molar refractivity (Wildman–Crippen MR) is 125 cm³/mol. The van der Waals surface area contributed by atoms with Crippen LogP contribution in [0.2, 0.25) is 0 Å². The minimum absolute atomic E-state index is 0.0111. The van der Waals surface area contributed by atoms with Crippen LogP contribution in [0.15, 0.2) is 35.1 Å². The molecule has 0 fully saturated rings. The number of aryl methyl sites for hydroxylation is 2. The van der Waals surface area contributed by atoms with Crippen LogP contribution < -0.4 is 5.56 Å². The molecule has 1 amide bonds. The fraction of sp³-hybridized carbons (Fsp3) is 0.435. The van der Waals surface area contributed by atoms with Crippen molar-refractivity contribution < 1.29 is 4.79 Å². The molecular weight excluding hydrogens is 414 g/mol. The number of benzene rings is 1. The first-order valence-electron chi connectivity index (χ1n) is 10.6. The van der Waals surface area contributed by atoms with Gasteiger partial charge < -0.3 is 9.88 Å². The lowest BCUT2D eigenvalue weighted by Gasteiger charge is -2.22. The molecule has 0 unspecified atom stereocenters. The summed E-state index contributed by atoms with van der Waals surface area (Å²) >= 11 is 3.32. The molecule has 30 heavy (non-hydrogen) atoms. The third-order valence-corrected chi connectivity index (χ3v) is 7.54. The van der Waals surface area contributed by atoms with E-state index in [1.165, 1.54) is 10.4 Å². The summed E-state index contributed by atoms with van der Waals surface area (Å²) in [5.41, 5.74) is 2.36. The van der Waals surface area contributed by atoms with E-state index in [4.69, 9.17) is 0 Å². The maximum Gasteiger partial charge on any atom is 0.259 e. The van der Waals surface area contributed by atoms with Gasteiger partial charge in [-0.15, -0.1) is 11.3 Å². The van der Waals surface area contributed by atoms with Gasteiger partial charge in [-0.05, 0) is 36.8 Å². The molecule has 0 saturated heterocycles. The normalized spacial score (nSPS) is 13.0. The molecule has 3 aromatic rings. The van der Waals surface area contributed by atoms with E-state index in [1.54, 1.807) is 23.1 Å². The quantitative estimate of drug-likeness (QED) is 0.495. The smallest absolute Gasteiger partial charge is 0.259 e. The molecule has 0 bridgehead atoms. The second-order valence-electron chi connectivity index (χ2n) is 7.65. The lowest BCUT2D eigenvalue weighted by Crippen LogP contribution is -2.31. The van der Waals surface area contributed by atoms with Crippen molar-refractivity contribution in [2.45, 2.75) is 51.3 Å². The van der Waals surface area contributed by atoms with E-state index in [0.717, 1.165) is 53.8 Å². The zero-order valence-electron chi connectivity index (χ0n) is 17.3. The number of rotatable bonds is 9. The van der Waals surface area contributed by atoms with Crippen LogP contribution in [0.25, 0.3) is 10.2 Å². The second-order valence-corrected chi connectivity index (χ2v) is 9.84. The molecule has 7 heteroatoms. The van der Waals surface area contributed by atoms with Gasteiger partial charge in [-0.2, -0.15) is 11.8 Å². The number of thioether (sulfide) groups is 1. The van der Waals surface area contributed by atoms with Crippen molar-refractivity contribution in [3.8, 4) is 0 Å². The average molecular weight is 442 g/mol. The monoisotopic (exact) mass is 441 g/mol. The fourth-order valence-corrected chi connectivity index (χ4v) is 6.04. The Balaban J connectivity index is 1.31. The first-order valence-corrected chi connectivity index (χ1v) is 12.6. The Morgan fingerprint density at radius 1 is 1.27 bits per heavy atom. The zero-order chi connectivity index (χ0) is 20.9.